The number of benzene rings is 2. The number of aryl methyl sites for hydroxylation is 1. The van der Waals surface area contributed by atoms with Crippen LogP contribution in [-0.2, 0) is 0 Å². The highest BCUT2D eigenvalue weighted by Crippen LogP contribution is 2.21. The molecule has 0 atom stereocenters. The molecule has 0 spiro atoms. The summed E-state index contributed by atoms with van der Waals surface area (Å²) in [7, 11) is 0. The van der Waals surface area contributed by atoms with Gasteiger partial charge in [-0.3, -0.25) is 4.79 Å². The summed E-state index contributed by atoms with van der Waals surface area (Å²) in [6.07, 6.45) is 1.69. The Morgan fingerprint density at radius 2 is 1.88 bits per heavy atom. The molecule has 26 heavy (non-hydrogen) atoms. The molecule has 2 heterocycles. The summed E-state index contributed by atoms with van der Waals surface area (Å²) < 4.78 is 14.9. The molecule has 5 nitrogen and oxygen atoms in total. The van der Waals surface area contributed by atoms with Gasteiger partial charge in [0, 0.05) is 23.5 Å². The Balaban J connectivity index is 1.70. The number of rotatable bonds is 3. The molecule has 0 unspecified atom stereocenters. The Morgan fingerprint density at radius 3 is 2.65 bits per heavy atom. The first-order valence-electron chi connectivity index (χ1n) is 8.09. The molecule has 2 aromatic heterocycles. The van der Waals surface area contributed by atoms with Crippen molar-refractivity contribution in [3.8, 4) is 11.3 Å². The largest absolute Gasteiger partial charge is 0.320 e. The number of nitrogens with zero attached hydrogens (tertiary/aromatic N) is 3. The van der Waals surface area contributed by atoms with E-state index in [1.807, 2.05) is 36.4 Å². The van der Waals surface area contributed by atoms with Crippen molar-refractivity contribution in [1.82, 2.24) is 14.6 Å². The normalized spacial score (nSPS) is 10.8. The van der Waals surface area contributed by atoms with Crippen molar-refractivity contribution in [1.29, 1.82) is 0 Å². The molecule has 0 aliphatic carbocycles. The van der Waals surface area contributed by atoms with Crippen LogP contribution >= 0.6 is 0 Å². The number of nitrogens with one attached hydrogen (secondary N) is 1. The number of amides is 1. The van der Waals surface area contributed by atoms with Crippen LogP contribution in [-0.4, -0.2) is 20.5 Å². The van der Waals surface area contributed by atoms with E-state index in [2.05, 4.69) is 15.4 Å². The molecule has 6 heteroatoms. The van der Waals surface area contributed by atoms with Crippen molar-refractivity contribution in [2.75, 3.05) is 5.32 Å². The molecule has 0 fully saturated rings. The Labute approximate surface area is 149 Å². The van der Waals surface area contributed by atoms with Crippen molar-refractivity contribution in [3.05, 3.63) is 83.9 Å². The van der Waals surface area contributed by atoms with Crippen LogP contribution in [0.3, 0.4) is 0 Å². The molecule has 1 amide bonds. The molecule has 0 saturated carbocycles. The maximum Gasteiger partial charge on any atom is 0.276 e. The quantitative estimate of drug-likeness (QED) is 0.608. The minimum atomic E-state index is -0.371. The Kier molecular flexibility index (Phi) is 3.93. The van der Waals surface area contributed by atoms with Crippen LogP contribution in [0.15, 0.2) is 66.9 Å². The minimum absolute atomic E-state index is 0.240. The van der Waals surface area contributed by atoms with E-state index in [1.54, 1.807) is 23.7 Å². The second kappa shape index (κ2) is 6.40. The average molecular weight is 346 g/mol. The SMILES string of the molecule is Cc1cc(F)ccc1NC(=O)c1cc2nccc(-c3ccccc3)n2n1. The van der Waals surface area contributed by atoms with Gasteiger partial charge in [0.1, 0.15) is 5.82 Å². The molecular formula is C20H15FN4O. The Bertz CT molecular complexity index is 1110. The predicted molar refractivity (Wildman–Crippen MR) is 97.5 cm³/mol. The van der Waals surface area contributed by atoms with Crippen molar-refractivity contribution < 1.29 is 9.18 Å². The van der Waals surface area contributed by atoms with Gasteiger partial charge in [0.15, 0.2) is 11.3 Å². The van der Waals surface area contributed by atoms with Gasteiger partial charge in [0.25, 0.3) is 5.91 Å². The Hall–Kier alpha value is -3.54. The fourth-order valence-corrected chi connectivity index (χ4v) is 2.79. The fraction of sp³-hybridized carbons (Fsp3) is 0.0500. The van der Waals surface area contributed by atoms with Gasteiger partial charge in [-0.05, 0) is 36.8 Å². The summed E-state index contributed by atoms with van der Waals surface area (Å²) >= 11 is 0. The van der Waals surface area contributed by atoms with Crippen LogP contribution < -0.4 is 5.32 Å². The highest BCUT2D eigenvalue weighted by atomic mass is 19.1. The molecule has 4 rings (SSSR count). The number of carbonyl (C=O) groups excluding carboxylic acids is 1. The summed E-state index contributed by atoms with van der Waals surface area (Å²) in [5.41, 5.74) is 3.82. The fourth-order valence-electron chi connectivity index (χ4n) is 2.79. The number of fused-ring (bicyclic) bond motifs is 1. The van der Waals surface area contributed by atoms with Crippen molar-refractivity contribution >= 4 is 17.2 Å². The van der Waals surface area contributed by atoms with Crippen molar-refractivity contribution in [2.45, 2.75) is 6.92 Å². The van der Waals surface area contributed by atoms with Crippen LogP contribution in [0.2, 0.25) is 0 Å². The number of halogens is 1. The third kappa shape index (κ3) is 2.93. The second-order valence-electron chi connectivity index (χ2n) is 5.91. The highest BCUT2D eigenvalue weighted by molar-refractivity contribution is 6.03. The monoisotopic (exact) mass is 346 g/mol. The number of hydrogen-bond donors (Lipinski definition) is 1. The molecule has 0 saturated heterocycles. The van der Waals surface area contributed by atoms with Gasteiger partial charge in [-0.25, -0.2) is 13.9 Å². The van der Waals surface area contributed by atoms with E-state index in [4.69, 9.17) is 0 Å². The van der Waals surface area contributed by atoms with Crippen molar-refractivity contribution in [2.24, 2.45) is 0 Å². The number of aromatic nitrogens is 3. The molecule has 1 N–H and O–H groups in total. The van der Waals surface area contributed by atoms with E-state index in [0.717, 1.165) is 11.3 Å². The second-order valence-corrected chi connectivity index (χ2v) is 5.91. The topological polar surface area (TPSA) is 59.3 Å². The maximum atomic E-state index is 13.2. The maximum absolute atomic E-state index is 13.2. The lowest BCUT2D eigenvalue weighted by Crippen LogP contribution is -2.13. The number of carbonyl (C=O) groups is 1. The Morgan fingerprint density at radius 1 is 1.08 bits per heavy atom. The minimum Gasteiger partial charge on any atom is -0.320 e. The molecule has 0 radical (unpaired) electrons. The first-order chi connectivity index (χ1) is 12.6. The molecule has 0 aliphatic rings. The van der Waals surface area contributed by atoms with Crippen LogP contribution in [0.4, 0.5) is 10.1 Å². The van der Waals surface area contributed by atoms with Gasteiger partial charge in [-0.1, -0.05) is 30.3 Å². The van der Waals surface area contributed by atoms with Gasteiger partial charge >= 0.3 is 0 Å². The van der Waals surface area contributed by atoms with Gasteiger partial charge in [-0.15, -0.1) is 0 Å². The van der Waals surface area contributed by atoms with E-state index < -0.39 is 0 Å². The highest BCUT2D eigenvalue weighted by Gasteiger charge is 2.15. The zero-order valence-corrected chi connectivity index (χ0v) is 14.0. The molecule has 2 aromatic carbocycles. The van der Waals surface area contributed by atoms with Crippen LogP contribution in [0, 0.1) is 12.7 Å². The lowest BCUT2D eigenvalue weighted by atomic mass is 10.1. The van der Waals surface area contributed by atoms with Gasteiger partial charge < -0.3 is 5.32 Å². The molecule has 4 aromatic rings. The molecule has 128 valence electrons. The molecular weight excluding hydrogens is 331 g/mol. The predicted octanol–water partition coefficient (Wildman–Crippen LogP) is 4.10. The van der Waals surface area contributed by atoms with Crippen LogP contribution in [0.25, 0.3) is 16.9 Å². The van der Waals surface area contributed by atoms with E-state index in [-0.39, 0.29) is 17.4 Å². The van der Waals surface area contributed by atoms with E-state index in [9.17, 15) is 9.18 Å². The smallest absolute Gasteiger partial charge is 0.276 e. The standard InChI is InChI=1S/C20H15FN4O/c1-13-11-15(21)7-8-16(13)23-20(26)17-12-19-22-10-9-18(25(19)24-17)14-5-3-2-4-6-14/h2-12H,1H3,(H,23,26). The van der Waals surface area contributed by atoms with E-state index in [1.165, 1.54) is 18.2 Å². The zero-order valence-electron chi connectivity index (χ0n) is 14.0. The van der Waals surface area contributed by atoms with Gasteiger partial charge in [-0.2, -0.15) is 5.10 Å². The van der Waals surface area contributed by atoms with E-state index >= 15 is 0 Å². The van der Waals surface area contributed by atoms with Crippen LogP contribution in [0.5, 0.6) is 0 Å². The third-order valence-corrected chi connectivity index (χ3v) is 4.10. The summed E-state index contributed by atoms with van der Waals surface area (Å²) in [4.78, 5) is 16.8. The number of hydrogen-bond acceptors (Lipinski definition) is 3. The van der Waals surface area contributed by atoms with Gasteiger partial charge in [0.2, 0.25) is 0 Å². The number of anilines is 1. The third-order valence-electron chi connectivity index (χ3n) is 4.10. The lowest BCUT2D eigenvalue weighted by molar-refractivity contribution is 0.102. The zero-order chi connectivity index (χ0) is 18.1. The first-order valence-corrected chi connectivity index (χ1v) is 8.09. The first kappa shape index (κ1) is 16.0. The van der Waals surface area contributed by atoms with Crippen molar-refractivity contribution in [3.63, 3.8) is 0 Å². The summed E-state index contributed by atoms with van der Waals surface area (Å²) in [5.74, 6) is -0.714. The molecule has 0 bridgehead atoms. The van der Waals surface area contributed by atoms with Gasteiger partial charge in [0.05, 0.1) is 5.69 Å². The van der Waals surface area contributed by atoms with E-state index in [0.29, 0.717) is 16.9 Å². The lowest BCUT2D eigenvalue weighted by Gasteiger charge is -2.06. The average Bonchev–Trinajstić information content (AvgIpc) is 3.09. The van der Waals surface area contributed by atoms with Crippen LogP contribution in [0.1, 0.15) is 16.1 Å². The summed E-state index contributed by atoms with van der Waals surface area (Å²) in [6, 6.07) is 17.4. The summed E-state index contributed by atoms with van der Waals surface area (Å²) in [6.45, 7) is 1.73. The molecule has 0 aliphatic heterocycles. The summed E-state index contributed by atoms with van der Waals surface area (Å²) in [5, 5.41) is 7.17.